The number of rotatable bonds is 3. The molecular weight excluding hydrogens is 733 g/mol. The molecular formula is C40H20ClN7Sn. The van der Waals surface area contributed by atoms with Crippen LogP contribution in [-0.4, -0.2) is 28.9 Å². The van der Waals surface area contributed by atoms with Crippen molar-refractivity contribution < 1.29 is 12.4 Å². The molecule has 0 saturated heterocycles. The van der Waals surface area contributed by atoms with Gasteiger partial charge < -0.3 is 27.4 Å². The van der Waals surface area contributed by atoms with Gasteiger partial charge in [-0.3, -0.25) is 0 Å². The molecule has 7 aromatic rings. The van der Waals surface area contributed by atoms with E-state index in [1.54, 1.807) is 36.4 Å². The first-order chi connectivity index (χ1) is 23.1. The van der Waals surface area contributed by atoms with Crippen molar-refractivity contribution in [2.24, 2.45) is 0 Å². The van der Waals surface area contributed by atoms with Crippen molar-refractivity contribution in [3.05, 3.63) is 137 Å². The van der Waals surface area contributed by atoms with E-state index in [9.17, 15) is 15.8 Å². The molecule has 0 radical (unpaired) electrons. The molecule has 7 nitrogen and oxygen atoms in total. The second-order valence-electron chi connectivity index (χ2n) is 11.1. The van der Waals surface area contributed by atoms with Crippen LogP contribution >= 0.6 is 0 Å². The van der Waals surface area contributed by atoms with Crippen LogP contribution in [0.3, 0.4) is 0 Å². The molecule has 0 amide bonds. The summed E-state index contributed by atoms with van der Waals surface area (Å²) in [5.41, 5.74) is 12.6. The summed E-state index contributed by atoms with van der Waals surface area (Å²) in [5.74, 6) is 0. The molecule has 8 rings (SSSR count). The van der Waals surface area contributed by atoms with Crippen LogP contribution in [0.25, 0.3) is 78.6 Å². The minimum atomic E-state index is 0. The third-order valence-electron chi connectivity index (χ3n) is 8.27. The summed E-state index contributed by atoms with van der Waals surface area (Å²) in [7, 11) is 0. The molecule has 0 unspecified atom stereocenters. The van der Waals surface area contributed by atoms with Gasteiger partial charge >= 0.3 is 23.9 Å². The summed E-state index contributed by atoms with van der Waals surface area (Å²) in [5, 5.41) is 28.3. The number of halogens is 1. The summed E-state index contributed by atoms with van der Waals surface area (Å²) in [4.78, 5) is 20.4. The molecule has 8 bridgehead atoms. The molecule has 0 fully saturated rings. The minimum absolute atomic E-state index is 0. The predicted octanol–water partition coefficient (Wildman–Crippen LogP) is 4.82. The van der Waals surface area contributed by atoms with E-state index in [-0.39, 0.29) is 36.3 Å². The van der Waals surface area contributed by atoms with Gasteiger partial charge in [0.05, 0.1) is 46.3 Å². The van der Waals surface area contributed by atoms with Gasteiger partial charge in [0.25, 0.3) is 0 Å². The molecule has 0 atom stereocenters. The van der Waals surface area contributed by atoms with Crippen molar-refractivity contribution in [3.8, 4) is 51.6 Å². The van der Waals surface area contributed by atoms with E-state index in [0.717, 1.165) is 77.9 Å². The molecule has 0 saturated carbocycles. The smallest absolute Gasteiger partial charge is 1.00 e. The van der Waals surface area contributed by atoms with Crippen LogP contribution in [0.5, 0.6) is 0 Å². The molecule has 226 valence electrons. The van der Waals surface area contributed by atoms with Crippen molar-refractivity contribution in [2.45, 2.75) is 0 Å². The van der Waals surface area contributed by atoms with Crippen molar-refractivity contribution in [1.82, 2.24) is 19.9 Å². The Morgan fingerprint density at radius 1 is 0.388 bits per heavy atom. The zero-order valence-electron chi connectivity index (χ0n) is 25.6. The largest absolute Gasteiger partial charge is 4.00 e. The standard InChI is InChI=1S/C40H20N7.ClH.Sn/c41-21-24-1-7-27(8-2-24)38-32-15-13-30(44-32)31-14-16-33(45-31)39(28-9-3-25(22-42)4-10-28)35-18-20-37(47-35)40(36-19-17-34(38)46-36)29-11-5-26(23-43)6-12-29;;/h1-20H;1H;/q-3;;+4/p-1. The fourth-order valence-corrected chi connectivity index (χ4v) is 5.98. The van der Waals surface area contributed by atoms with Crippen LogP contribution in [0.1, 0.15) is 28.1 Å². The summed E-state index contributed by atoms with van der Waals surface area (Å²) >= 11 is 0. The van der Waals surface area contributed by atoms with Crippen LogP contribution in [0, 0.1) is 34.0 Å². The third kappa shape index (κ3) is 5.96. The van der Waals surface area contributed by atoms with Crippen molar-refractivity contribution in [2.75, 3.05) is 0 Å². The Hall–Kier alpha value is -6.05. The van der Waals surface area contributed by atoms with Crippen LogP contribution in [0.4, 0.5) is 0 Å². The first kappa shape index (κ1) is 32.9. The Morgan fingerprint density at radius 3 is 1.02 bits per heavy atom. The molecule has 49 heavy (non-hydrogen) atoms. The maximum absolute atomic E-state index is 9.46. The Kier molecular flexibility index (Phi) is 9.12. The average Bonchev–Trinajstić information content (AvgIpc) is 3.95. The molecule has 0 spiro atoms. The van der Waals surface area contributed by atoms with Crippen molar-refractivity contribution in [3.63, 3.8) is 0 Å². The number of fused-ring (bicyclic) bond motifs is 9. The second-order valence-corrected chi connectivity index (χ2v) is 11.1. The Bertz CT molecular complexity index is 2640. The van der Waals surface area contributed by atoms with Gasteiger partial charge in [0, 0.05) is 0 Å². The SMILES string of the molecule is N#Cc1ccc(-c2c3nc(c(-c4ccc(C#N)cc4)c4ccc([n-]4)c4ccc([n-]4)c(-c4ccc(C#N)cc4)c4ccc2[n-]4)C=C3)cc1.[Cl-].[Sn+4]. The quantitative estimate of drug-likeness (QED) is 0.237. The molecule has 4 aromatic heterocycles. The van der Waals surface area contributed by atoms with Gasteiger partial charge in [-0.1, -0.05) is 72.8 Å². The first-order valence-corrected chi connectivity index (χ1v) is 14.8. The number of nitrogens with zero attached hydrogens (tertiary/aromatic N) is 7. The number of hydrogen-bond donors (Lipinski definition) is 0. The molecule has 0 aliphatic carbocycles. The fourth-order valence-electron chi connectivity index (χ4n) is 5.98. The van der Waals surface area contributed by atoms with E-state index in [2.05, 4.69) is 18.2 Å². The van der Waals surface area contributed by atoms with E-state index < -0.39 is 0 Å². The van der Waals surface area contributed by atoms with Crippen molar-refractivity contribution in [1.29, 1.82) is 15.8 Å². The Morgan fingerprint density at radius 2 is 0.673 bits per heavy atom. The Balaban J connectivity index is 0.00000208. The topological polar surface area (TPSA) is 127 Å². The maximum atomic E-state index is 9.46. The molecule has 5 heterocycles. The summed E-state index contributed by atoms with van der Waals surface area (Å²) in [6, 6.07) is 40.6. The monoisotopic (exact) mass is 753 g/mol. The van der Waals surface area contributed by atoms with Gasteiger partial charge in [-0.05, 0) is 81.9 Å². The molecule has 0 N–H and O–H groups in total. The third-order valence-corrected chi connectivity index (χ3v) is 8.27. The Labute approximate surface area is 304 Å². The summed E-state index contributed by atoms with van der Waals surface area (Å²) in [6.45, 7) is 0. The number of benzene rings is 3. The number of nitriles is 3. The number of hydrogen-bond acceptors (Lipinski definition) is 4. The van der Waals surface area contributed by atoms with E-state index in [1.165, 1.54) is 0 Å². The van der Waals surface area contributed by atoms with Gasteiger partial charge in [0.1, 0.15) is 0 Å². The molecule has 9 heteroatoms. The second kappa shape index (κ2) is 13.6. The minimum Gasteiger partial charge on any atom is -1.00 e. The summed E-state index contributed by atoms with van der Waals surface area (Å²) < 4.78 is 0. The maximum Gasteiger partial charge on any atom is 4.00 e. The fraction of sp³-hybridized carbons (Fsp3) is 0. The van der Waals surface area contributed by atoms with Crippen LogP contribution in [0.2, 0.25) is 0 Å². The van der Waals surface area contributed by atoms with Gasteiger partial charge in [0.2, 0.25) is 0 Å². The van der Waals surface area contributed by atoms with Gasteiger partial charge in [-0.15, -0.1) is 22.1 Å². The van der Waals surface area contributed by atoms with Gasteiger partial charge in [-0.2, -0.15) is 26.8 Å². The molecule has 1 aliphatic heterocycles. The zero-order valence-corrected chi connectivity index (χ0v) is 29.2. The molecule has 1 aliphatic rings. The molecule has 3 aromatic carbocycles. The zero-order chi connectivity index (χ0) is 31.9. The van der Waals surface area contributed by atoms with Crippen LogP contribution in [-0.2, 0) is 0 Å². The normalized spacial score (nSPS) is 10.8. The van der Waals surface area contributed by atoms with E-state index >= 15 is 0 Å². The van der Waals surface area contributed by atoms with Gasteiger partial charge in [0.15, 0.2) is 0 Å². The van der Waals surface area contributed by atoms with Crippen LogP contribution < -0.4 is 27.4 Å². The van der Waals surface area contributed by atoms with Crippen molar-refractivity contribution >= 4 is 69.2 Å². The average molecular weight is 753 g/mol. The number of aromatic nitrogens is 4. The van der Waals surface area contributed by atoms with Crippen LogP contribution in [0.15, 0.2) is 109 Å². The summed E-state index contributed by atoms with van der Waals surface area (Å²) in [6.07, 6.45) is 3.95. The van der Waals surface area contributed by atoms with E-state index in [4.69, 9.17) is 19.9 Å². The van der Waals surface area contributed by atoms with Gasteiger partial charge in [-0.25, -0.2) is 4.98 Å². The van der Waals surface area contributed by atoms with E-state index in [1.807, 2.05) is 84.9 Å². The van der Waals surface area contributed by atoms with E-state index in [0.29, 0.717) is 16.7 Å². The first-order valence-electron chi connectivity index (χ1n) is 14.8. The predicted molar refractivity (Wildman–Crippen MR) is 188 cm³/mol.